The Morgan fingerprint density at radius 1 is 0.500 bits per heavy atom. The second-order valence-electron chi connectivity index (χ2n) is 17.4. The molecule has 0 aromatic heterocycles. The Bertz CT molecular complexity index is 2330. The SMILES string of the molecule is O=C(OCC1c2ccccc2-c2ccccc21)N1CCC(CBr)(c2ccc(Br)cc2)CC1.O=C(OCC1c2ccccc2-c2ccccc21)N1CCC(CO)(c2ccc(Br)cc2)CC1. The van der Waals surface area contributed by atoms with E-state index in [9.17, 15) is 14.7 Å². The van der Waals surface area contributed by atoms with Crippen molar-refractivity contribution in [1.29, 1.82) is 0 Å². The fraction of sp³-hybridized carbons (Fsp3) is 0.296. The van der Waals surface area contributed by atoms with Gasteiger partial charge in [0.25, 0.3) is 0 Å². The van der Waals surface area contributed by atoms with E-state index in [0.29, 0.717) is 39.4 Å². The second-order valence-corrected chi connectivity index (χ2v) is 19.8. The fourth-order valence-electron chi connectivity index (χ4n) is 10.2. The van der Waals surface area contributed by atoms with Crippen LogP contribution in [0.5, 0.6) is 0 Å². The third-order valence-corrected chi connectivity index (χ3v) is 16.2. The average molecular weight is 1050 g/mol. The lowest BCUT2D eigenvalue weighted by Crippen LogP contribution is -2.47. The van der Waals surface area contributed by atoms with E-state index < -0.39 is 0 Å². The molecule has 10 heteroatoms. The zero-order valence-electron chi connectivity index (χ0n) is 35.6. The van der Waals surface area contributed by atoms with Gasteiger partial charge < -0.3 is 24.4 Å². The Labute approximate surface area is 401 Å². The summed E-state index contributed by atoms with van der Waals surface area (Å²) in [6.07, 6.45) is 2.80. The van der Waals surface area contributed by atoms with Crippen LogP contribution in [0.4, 0.5) is 9.59 Å². The minimum atomic E-state index is -0.305. The molecule has 2 amide bonds. The fourth-order valence-corrected chi connectivity index (χ4v) is 11.7. The summed E-state index contributed by atoms with van der Waals surface area (Å²) in [4.78, 5) is 29.5. The number of aliphatic hydroxyl groups excluding tert-OH is 1. The molecular weight excluding hydrogens is 996 g/mol. The molecule has 2 saturated heterocycles. The van der Waals surface area contributed by atoms with Gasteiger partial charge in [-0.3, -0.25) is 0 Å². The maximum Gasteiger partial charge on any atom is 0.409 e. The van der Waals surface area contributed by atoms with Crippen molar-refractivity contribution in [2.75, 3.05) is 51.3 Å². The van der Waals surface area contributed by atoms with Crippen LogP contribution in [0.25, 0.3) is 22.3 Å². The standard InChI is InChI=1S/C27H25Br2NO2.C27H26BrNO3/c28-18-27(19-9-11-20(29)12-10-19)13-15-30(16-14-27)26(31)32-17-25-23-7-3-1-5-21(23)22-6-2-4-8-24(22)25;28-20-11-9-19(10-12-20)27(18-30)13-15-29(16-14-27)26(31)32-17-25-23-7-3-1-5-21(23)22-6-2-4-8-24(22)25/h1-12,25H,13-18H2;1-12,25,30H,13-18H2. The largest absolute Gasteiger partial charge is 0.448 e. The van der Waals surface area contributed by atoms with Crippen molar-refractivity contribution >= 4 is 60.0 Å². The number of halogens is 3. The lowest BCUT2D eigenvalue weighted by atomic mass is 9.73. The summed E-state index contributed by atoms with van der Waals surface area (Å²) in [7, 11) is 0. The molecule has 2 aliphatic carbocycles. The Morgan fingerprint density at radius 3 is 1.14 bits per heavy atom. The van der Waals surface area contributed by atoms with Crippen LogP contribution >= 0.6 is 47.8 Å². The van der Waals surface area contributed by atoms with Gasteiger partial charge in [-0.25, -0.2) is 9.59 Å². The van der Waals surface area contributed by atoms with Crippen molar-refractivity contribution in [2.45, 2.75) is 48.3 Å². The van der Waals surface area contributed by atoms with Gasteiger partial charge in [0.05, 0.1) is 6.61 Å². The number of piperidine rings is 2. The molecule has 64 heavy (non-hydrogen) atoms. The van der Waals surface area contributed by atoms with Crippen molar-refractivity contribution in [3.05, 3.63) is 188 Å². The molecule has 7 nitrogen and oxygen atoms in total. The zero-order chi connectivity index (χ0) is 44.3. The van der Waals surface area contributed by atoms with E-state index in [0.717, 1.165) is 45.5 Å². The molecule has 0 saturated carbocycles. The number of amides is 2. The molecule has 4 aliphatic rings. The predicted octanol–water partition coefficient (Wildman–Crippen LogP) is 12.9. The first-order chi connectivity index (χ1) is 31.2. The molecule has 0 radical (unpaired) electrons. The molecule has 0 spiro atoms. The number of fused-ring (bicyclic) bond motifs is 6. The zero-order valence-corrected chi connectivity index (χ0v) is 40.4. The molecule has 6 aromatic carbocycles. The number of hydrogen-bond donors (Lipinski definition) is 1. The summed E-state index contributed by atoms with van der Waals surface area (Å²) in [5, 5.41) is 11.1. The monoisotopic (exact) mass is 1040 g/mol. The minimum absolute atomic E-state index is 0.0564. The second kappa shape index (κ2) is 19.4. The number of carbonyl (C=O) groups excluding carboxylic acids is 2. The van der Waals surface area contributed by atoms with Crippen molar-refractivity contribution in [1.82, 2.24) is 9.80 Å². The van der Waals surface area contributed by atoms with Gasteiger partial charge in [0.15, 0.2) is 0 Å². The third kappa shape index (κ3) is 8.83. The molecule has 0 bridgehead atoms. The maximum absolute atomic E-state index is 12.9. The summed E-state index contributed by atoms with van der Waals surface area (Å²) in [5.74, 6) is 0.163. The van der Waals surface area contributed by atoms with Crippen LogP contribution in [0.1, 0.15) is 70.9 Å². The Hall–Kier alpha value is -4.74. The van der Waals surface area contributed by atoms with Crippen LogP contribution in [-0.4, -0.2) is 78.4 Å². The summed E-state index contributed by atoms with van der Waals surface area (Å²) in [5.41, 5.74) is 12.1. The van der Waals surface area contributed by atoms with E-state index in [4.69, 9.17) is 9.47 Å². The molecule has 0 unspecified atom stereocenters. The number of hydrogen-bond acceptors (Lipinski definition) is 5. The van der Waals surface area contributed by atoms with E-state index in [-0.39, 0.29) is 41.5 Å². The van der Waals surface area contributed by atoms with Crippen molar-refractivity contribution < 1.29 is 24.2 Å². The highest BCUT2D eigenvalue weighted by Crippen LogP contribution is 2.46. The Morgan fingerprint density at radius 2 is 0.812 bits per heavy atom. The highest BCUT2D eigenvalue weighted by atomic mass is 79.9. The summed E-state index contributed by atoms with van der Waals surface area (Å²) < 4.78 is 13.8. The first-order valence-electron chi connectivity index (χ1n) is 22.1. The van der Waals surface area contributed by atoms with Crippen molar-refractivity contribution in [3.8, 4) is 22.3 Å². The molecule has 328 valence electrons. The quantitative estimate of drug-likeness (QED) is 0.154. The lowest BCUT2D eigenvalue weighted by Gasteiger charge is -2.41. The van der Waals surface area contributed by atoms with Gasteiger partial charge in [-0.1, -0.05) is 169 Å². The van der Waals surface area contributed by atoms with Crippen LogP contribution in [0, 0.1) is 0 Å². The van der Waals surface area contributed by atoms with E-state index in [1.807, 2.05) is 29.2 Å². The number of ether oxygens (including phenoxy) is 2. The number of rotatable bonds is 8. The molecule has 2 heterocycles. The number of carbonyl (C=O) groups is 2. The van der Waals surface area contributed by atoms with Gasteiger partial charge in [0, 0.05) is 63.1 Å². The van der Waals surface area contributed by atoms with E-state index in [1.165, 1.54) is 50.1 Å². The number of likely N-dealkylation sites (tertiary alicyclic amines) is 2. The van der Waals surface area contributed by atoms with E-state index >= 15 is 0 Å². The summed E-state index contributed by atoms with van der Waals surface area (Å²) in [6.45, 7) is 3.35. The normalized spacial score (nSPS) is 17.0. The highest BCUT2D eigenvalue weighted by molar-refractivity contribution is 9.10. The number of nitrogens with zero attached hydrogens (tertiary/aromatic N) is 2. The predicted molar refractivity (Wildman–Crippen MR) is 264 cm³/mol. The molecule has 0 atom stereocenters. The summed E-state index contributed by atoms with van der Waals surface area (Å²) >= 11 is 10.7. The van der Waals surface area contributed by atoms with Crippen LogP contribution < -0.4 is 0 Å². The molecule has 10 rings (SSSR count). The van der Waals surface area contributed by atoms with Crippen LogP contribution in [0.3, 0.4) is 0 Å². The van der Waals surface area contributed by atoms with Gasteiger partial charge in [-0.2, -0.15) is 0 Å². The van der Waals surface area contributed by atoms with Crippen LogP contribution in [0.15, 0.2) is 155 Å². The first-order valence-corrected chi connectivity index (χ1v) is 24.8. The highest BCUT2D eigenvalue weighted by Gasteiger charge is 2.39. The topological polar surface area (TPSA) is 79.3 Å². The van der Waals surface area contributed by atoms with Crippen molar-refractivity contribution in [2.24, 2.45) is 0 Å². The van der Waals surface area contributed by atoms with E-state index in [1.54, 1.807) is 4.90 Å². The lowest BCUT2D eigenvalue weighted by molar-refractivity contribution is 0.0661. The molecule has 6 aromatic rings. The third-order valence-electron chi connectivity index (χ3n) is 14.1. The Balaban J connectivity index is 0.000000162. The average Bonchev–Trinajstić information content (AvgIpc) is 3.85. The van der Waals surface area contributed by atoms with Gasteiger partial charge >= 0.3 is 12.2 Å². The first kappa shape index (κ1) is 44.5. The number of benzene rings is 6. The number of aliphatic hydroxyl groups is 1. The van der Waals surface area contributed by atoms with Gasteiger partial charge in [0.2, 0.25) is 0 Å². The number of alkyl halides is 1. The molecule has 1 N–H and O–H groups in total. The minimum Gasteiger partial charge on any atom is -0.448 e. The molecule has 2 fully saturated rings. The van der Waals surface area contributed by atoms with Gasteiger partial charge in [-0.05, 0) is 106 Å². The van der Waals surface area contributed by atoms with Gasteiger partial charge in [-0.15, -0.1) is 0 Å². The Kier molecular flexibility index (Phi) is 13.5. The maximum atomic E-state index is 12.9. The van der Waals surface area contributed by atoms with Crippen molar-refractivity contribution in [3.63, 3.8) is 0 Å². The summed E-state index contributed by atoms with van der Waals surface area (Å²) in [6, 6.07) is 50.3. The van der Waals surface area contributed by atoms with E-state index in [2.05, 4.69) is 169 Å². The molecule has 2 aliphatic heterocycles. The molecular formula is C54H51Br3N2O5. The van der Waals surface area contributed by atoms with Crippen LogP contribution in [0.2, 0.25) is 0 Å². The van der Waals surface area contributed by atoms with Crippen LogP contribution in [-0.2, 0) is 20.3 Å². The smallest absolute Gasteiger partial charge is 0.409 e. The van der Waals surface area contributed by atoms with Gasteiger partial charge in [0.1, 0.15) is 13.2 Å².